The summed E-state index contributed by atoms with van der Waals surface area (Å²) in [7, 11) is -10.7. The predicted molar refractivity (Wildman–Crippen MR) is 274 cm³/mol. The van der Waals surface area contributed by atoms with E-state index in [4.69, 9.17) is 23.7 Å². The second kappa shape index (κ2) is 23.5. The minimum Gasteiger partial charge on any atom is -0.497 e. The van der Waals surface area contributed by atoms with Crippen LogP contribution in [0.5, 0.6) is 5.75 Å². The van der Waals surface area contributed by atoms with Crippen LogP contribution in [0.3, 0.4) is 0 Å². The molecule has 5 aromatic rings. The molecule has 3 N–H and O–H groups in total. The summed E-state index contributed by atoms with van der Waals surface area (Å²) in [5.41, 5.74) is 1.69. The Balaban J connectivity index is 1.54. The smallest absolute Gasteiger partial charge is 0.407 e. The molecule has 0 bridgehead atoms. The number of carbonyl (C=O) groups excluding carboxylic acids is 1. The van der Waals surface area contributed by atoms with Gasteiger partial charge in [0.15, 0.2) is 8.32 Å². The van der Waals surface area contributed by atoms with E-state index in [2.05, 4.69) is 20.4 Å². The normalized spacial score (nSPS) is 14.7. The summed E-state index contributed by atoms with van der Waals surface area (Å²) in [6.07, 6.45) is -0.662. The predicted octanol–water partition coefficient (Wildman–Crippen LogP) is 6.96. The van der Waals surface area contributed by atoms with Crippen LogP contribution in [0, 0.1) is 0 Å². The standard InChI is InChI=1S/C50H70N8O10S2Si/c1-49(2,3)67-48(60)51-32-42(68-71(8,9)50(4,5)6)33-52-69(61,62)44-25-24-43(56-28-26-41(27-29-56)66-31-30-59)45(47-53-55-58(54-47)36-39-20-22-40(65-7)23-21-39)46(44)70(63,64)57(34-37-16-12-10-13-17-37)35-38-18-14-11-15-19-38/h10-25,41-42,52,59H,26-36H2,1-9H3,(H,51,60)/t42-/m1/s1. The average molecular weight is 1040 g/mol. The minimum atomic E-state index is -4.85. The first-order valence-electron chi connectivity index (χ1n) is 23.8. The number of amides is 1. The highest BCUT2D eigenvalue weighted by molar-refractivity contribution is 7.92. The molecule has 1 aliphatic heterocycles. The van der Waals surface area contributed by atoms with Gasteiger partial charge in [-0.25, -0.2) is 26.4 Å². The van der Waals surface area contributed by atoms with Crippen molar-refractivity contribution in [3.05, 3.63) is 114 Å². The van der Waals surface area contributed by atoms with Gasteiger partial charge in [0.1, 0.15) is 21.1 Å². The van der Waals surface area contributed by atoms with Crippen molar-refractivity contribution in [2.24, 2.45) is 0 Å². The number of aromatic nitrogens is 4. The Labute approximate surface area is 420 Å². The number of anilines is 1. The Kier molecular flexibility index (Phi) is 18.2. The third-order valence-corrected chi connectivity index (χ3v) is 20.4. The lowest BCUT2D eigenvalue weighted by Crippen LogP contribution is -2.51. The molecule has 6 rings (SSSR count). The van der Waals surface area contributed by atoms with Crippen LogP contribution in [-0.4, -0.2) is 125 Å². The number of carbonyl (C=O) groups is 1. The summed E-state index contributed by atoms with van der Waals surface area (Å²) in [6, 6.07) is 28.4. The number of sulfonamides is 2. The summed E-state index contributed by atoms with van der Waals surface area (Å²) in [6.45, 7) is 15.7. The molecular weight excluding hydrogens is 965 g/mol. The zero-order valence-electron chi connectivity index (χ0n) is 42.3. The maximum absolute atomic E-state index is 16.1. The molecule has 0 aliphatic carbocycles. The van der Waals surface area contributed by atoms with Gasteiger partial charge in [-0.05, 0) is 97.9 Å². The van der Waals surface area contributed by atoms with E-state index in [0.717, 1.165) is 5.56 Å². The Morgan fingerprint density at radius 3 is 2.00 bits per heavy atom. The van der Waals surface area contributed by atoms with E-state index in [1.54, 1.807) is 46.1 Å². The number of hydrogen-bond acceptors (Lipinski definition) is 14. The largest absolute Gasteiger partial charge is 0.497 e. The van der Waals surface area contributed by atoms with Gasteiger partial charge in [0.25, 0.3) is 0 Å². The Hall–Kier alpha value is -5.26. The molecule has 0 unspecified atom stereocenters. The van der Waals surface area contributed by atoms with Gasteiger partial charge >= 0.3 is 6.09 Å². The highest BCUT2D eigenvalue weighted by atomic mass is 32.2. The molecule has 0 saturated carbocycles. The van der Waals surface area contributed by atoms with Crippen LogP contribution < -0.4 is 19.7 Å². The van der Waals surface area contributed by atoms with Crippen LogP contribution >= 0.6 is 0 Å². The third-order valence-electron chi connectivity index (χ3n) is 12.4. The number of methoxy groups -OCH3 is 1. The van der Waals surface area contributed by atoms with Gasteiger partial charge in [-0.1, -0.05) is 93.6 Å². The fourth-order valence-corrected chi connectivity index (χ4v) is 12.6. The lowest BCUT2D eigenvalue weighted by molar-refractivity contribution is 0.0159. The molecule has 18 nitrogen and oxygen atoms in total. The fraction of sp³-hybridized carbons (Fsp3) is 0.480. The number of hydrogen-bond donors (Lipinski definition) is 3. The van der Waals surface area contributed by atoms with Crippen molar-refractivity contribution in [1.29, 1.82) is 0 Å². The van der Waals surface area contributed by atoms with Gasteiger partial charge in [-0.3, -0.25) is 0 Å². The first-order chi connectivity index (χ1) is 33.5. The van der Waals surface area contributed by atoms with Crippen LogP contribution in [0.15, 0.2) is 107 Å². The fourth-order valence-electron chi connectivity index (χ4n) is 7.76. The Morgan fingerprint density at radius 2 is 1.45 bits per heavy atom. The maximum atomic E-state index is 16.1. The van der Waals surface area contributed by atoms with E-state index in [1.807, 2.05) is 112 Å². The molecular formula is C50H70N8O10S2Si. The number of piperidine rings is 1. The second-order valence-corrected chi connectivity index (χ2v) is 28.4. The number of nitrogens with zero attached hydrogens (tertiary/aromatic N) is 6. The van der Waals surface area contributed by atoms with E-state index in [1.165, 1.54) is 15.2 Å². The van der Waals surface area contributed by atoms with Crippen molar-refractivity contribution in [1.82, 2.24) is 34.6 Å². The molecule has 4 aromatic carbocycles. The second-order valence-electron chi connectivity index (χ2n) is 20.0. The van der Waals surface area contributed by atoms with E-state index >= 15 is 16.8 Å². The van der Waals surface area contributed by atoms with Crippen molar-refractivity contribution in [2.75, 3.05) is 51.4 Å². The molecule has 0 spiro atoms. The van der Waals surface area contributed by atoms with Crippen LogP contribution in [0.25, 0.3) is 11.4 Å². The zero-order chi connectivity index (χ0) is 51.6. The van der Waals surface area contributed by atoms with Crippen LogP contribution in [-0.2, 0) is 53.6 Å². The summed E-state index contributed by atoms with van der Waals surface area (Å²) >= 11 is 0. The summed E-state index contributed by atoms with van der Waals surface area (Å²) in [5, 5.41) is 25.5. The van der Waals surface area contributed by atoms with E-state index < -0.39 is 56.0 Å². The maximum Gasteiger partial charge on any atom is 0.407 e. The molecule has 1 atom stereocenters. The highest BCUT2D eigenvalue weighted by Crippen LogP contribution is 2.42. The van der Waals surface area contributed by atoms with Crippen molar-refractivity contribution in [2.45, 2.75) is 120 Å². The van der Waals surface area contributed by atoms with Gasteiger partial charge in [0.05, 0.1) is 44.6 Å². The van der Waals surface area contributed by atoms with Gasteiger partial charge in [0, 0.05) is 45.0 Å². The molecule has 1 aromatic heterocycles. The number of ether oxygens (including phenoxy) is 3. The summed E-state index contributed by atoms with van der Waals surface area (Å²) in [4.78, 5) is 15.2. The highest BCUT2D eigenvalue weighted by Gasteiger charge is 2.42. The molecule has 1 fully saturated rings. The molecule has 71 heavy (non-hydrogen) atoms. The van der Waals surface area contributed by atoms with Gasteiger partial charge in [0.2, 0.25) is 25.9 Å². The Bertz CT molecular complexity index is 2700. The average Bonchev–Trinajstić information content (AvgIpc) is 3.79. The minimum absolute atomic E-state index is 0.0460. The molecule has 2 heterocycles. The van der Waals surface area contributed by atoms with Crippen LogP contribution in [0.1, 0.15) is 71.1 Å². The summed E-state index contributed by atoms with van der Waals surface area (Å²) in [5.74, 6) is 0.549. The Morgan fingerprint density at radius 1 is 0.845 bits per heavy atom. The van der Waals surface area contributed by atoms with Crippen molar-refractivity contribution in [3.63, 3.8) is 0 Å². The first-order valence-corrected chi connectivity index (χ1v) is 29.6. The lowest BCUT2D eigenvalue weighted by atomic mass is 10.0. The summed E-state index contributed by atoms with van der Waals surface area (Å²) < 4.78 is 90.1. The number of tetrazole rings is 1. The molecule has 21 heteroatoms. The molecule has 1 saturated heterocycles. The number of alkyl carbamates (subject to hydrolysis) is 1. The zero-order valence-corrected chi connectivity index (χ0v) is 44.9. The molecule has 1 amide bonds. The van der Waals surface area contributed by atoms with Crippen molar-refractivity contribution >= 4 is 40.1 Å². The van der Waals surface area contributed by atoms with Crippen LogP contribution in [0.2, 0.25) is 18.1 Å². The monoisotopic (exact) mass is 1030 g/mol. The van der Waals surface area contributed by atoms with E-state index in [9.17, 15) is 9.90 Å². The quantitative estimate of drug-likeness (QED) is 0.0598. The van der Waals surface area contributed by atoms with Crippen molar-refractivity contribution < 1.29 is 45.4 Å². The van der Waals surface area contributed by atoms with Gasteiger partial charge in [-0.15, -0.1) is 10.2 Å². The molecule has 1 aliphatic rings. The number of rotatable bonds is 22. The van der Waals surface area contributed by atoms with Crippen molar-refractivity contribution in [3.8, 4) is 17.1 Å². The number of aliphatic hydroxyl groups excluding tert-OH is 1. The lowest BCUT2D eigenvalue weighted by Gasteiger charge is -2.39. The van der Waals surface area contributed by atoms with Crippen LogP contribution in [0.4, 0.5) is 10.5 Å². The number of benzene rings is 4. The molecule has 0 radical (unpaired) electrons. The number of nitrogens with one attached hydrogen (secondary N) is 2. The van der Waals surface area contributed by atoms with E-state index in [0.29, 0.717) is 48.5 Å². The SMILES string of the molecule is COc1ccc(Cn2nnc(-c3c(N4CCC(OCCO)CC4)ccc(S(=O)(=O)NC[C@@H](CNC(=O)OC(C)(C)C)O[Si](C)(C)C(C)(C)C)c3S(=O)(=O)N(Cc3ccccc3)Cc3ccccc3)n2)cc1. The number of aliphatic hydroxyl groups is 1. The van der Waals surface area contributed by atoms with Gasteiger partial charge in [-0.2, -0.15) is 9.10 Å². The topological polar surface area (TPSA) is 217 Å². The molecule has 386 valence electrons. The van der Waals surface area contributed by atoms with Gasteiger partial charge < -0.3 is 34.0 Å². The third kappa shape index (κ3) is 14.9. The first kappa shape index (κ1) is 55.1. The van der Waals surface area contributed by atoms with E-state index in [-0.39, 0.29) is 68.5 Å².